The third-order valence-electron chi connectivity index (χ3n) is 3.07. The van der Waals surface area contributed by atoms with Crippen LogP contribution in [0.15, 0.2) is 0 Å². The predicted molar refractivity (Wildman–Crippen MR) is 48.5 cm³/mol. The van der Waals surface area contributed by atoms with Gasteiger partial charge < -0.3 is 5.11 Å². The number of carbonyl (C=O) groups excluding carboxylic acids is 1. The molecule has 1 rings (SSSR count). The fourth-order valence-electron chi connectivity index (χ4n) is 2.13. The van der Waals surface area contributed by atoms with Gasteiger partial charge in [-0.25, -0.2) is 0 Å². The smallest absolute Gasteiger partial charge is 0.304 e. The topological polar surface area (TPSA) is 54.4 Å². The summed E-state index contributed by atoms with van der Waals surface area (Å²) in [5.41, 5.74) is -0.538. The summed E-state index contributed by atoms with van der Waals surface area (Å²) >= 11 is 0. The molecule has 74 valence electrons. The van der Waals surface area contributed by atoms with Gasteiger partial charge in [-0.2, -0.15) is 0 Å². The number of aliphatic carboxylic acids is 1. The molecule has 0 bridgehead atoms. The maximum absolute atomic E-state index is 11.6. The lowest BCUT2D eigenvalue weighted by Gasteiger charge is -2.33. The maximum Gasteiger partial charge on any atom is 0.304 e. The molecule has 1 aliphatic carbocycles. The first-order valence-corrected chi connectivity index (χ1v) is 4.86. The van der Waals surface area contributed by atoms with Crippen LogP contribution < -0.4 is 0 Å². The molecule has 0 heterocycles. The average Bonchev–Trinajstić information content (AvgIpc) is 2.08. The fraction of sp³-hybridized carbons (Fsp3) is 0.800. The predicted octanol–water partition coefficient (Wildman–Crippen LogP) is 2.00. The monoisotopic (exact) mass is 184 g/mol. The Kier molecular flexibility index (Phi) is 3.07. The third-order valence-corrected chi connectivity index (χ3v) is 3.07. The van der Waals surface area contributed by atoms with Crippen molar-refractivity contribution in [2.24, 2.45) is 5.41 Å². The van der Waals surface area contributed by atoms with Crippen LogP contribution in [0.3, 0.4) is 0 Å². The molecule has 0 radical (unpaired) electrons. The van der Waals surface area contributed by atoms with Crippen molar-refractivity contribution in [2.45, 2.75) is 45.4 Å². The van der Waals surface area contributed by atoms with Crippen molar-refractivity contribution in [2.75, 3.05) is 0 Å². The van der Waals surface area contributed by atoms with Gasteiger partial charge in [0.2, 0.25) is 0 Å². The maximum atomic E-state index is 11.6. The number of carboxylic acid groups (broad SMARTS) is 1. The van der Waals surface area contributed by atoms with E-state index in [2.05, 4.69) is 0 Å². The van der Waals surface area contributed by atoms with Crippen molar-refractivity contribution in [1.82, 2.24) is 0 Å². The molecule has 0 amide bonds. The van der Waals surface area contributed by atoms with Crippen LogP contribution in [-0.4, -0.2) is 16.9 Å². The highest BCUT2D eigenvalue weighted by Gasteiger charge is 2.39. The largest absolute Gasteiger partial charge is 0.481 e. The van der Waals surface area contributed by atoms with Gasteiger partial charge in [0.05, 0.1) is 6.42 Å². The minimum atomic E-state index is -0.850. The van der Waals surface area contributed by atoms with Gasteiger partial charge in [-0.1, -0.05) is 13.3 Å². The molecular weight excluding hydrogens is 168 g/mol. The number of carbonyl (C=O) groups is 2. The molecule has 0 spiro atoms. The number of hydrogen-bond acceptors (Lipinski definition) is 2. The standard InChI is InChI=1S/C10H16O3/c1-2-10(7-9(12)13)6-4-3-5-8(10)11/h2-7H2,1H3,(H,12,13). The summed E-state index contributed by atoms with van der Waals surface area (Å²) < 4.78 is 0. The molecule has 0 aromatic heterocycles. The van der Waals surface area contributed by atoms with Gasteiger partial charge in [0.15, 0.2) is 0 Å². The average molecular weight is 184 g/mol. The summed E-state index contributed by atoms with van der Waals surface area (Å²) in [7, 11) is 0. The van der Waals surface area contributed by atoms with Crippen molar-refractivity contribution in [3.63, 3.8) is 0 Å². The van der Waals surface area contributed by atoms with Crippen molar-refractivity contribution in [3.05, 3.63) is 0 Å². The summed E-state index contributed by atoms with van der Waals surface area (Å²) in [6, 6.07) is 0. The second-order valence-electron chi connectivity index (χ2n) is 3.83. The Morgan fingerprint density at radius 1 is 1.54 bits per heavy atom. The van der Waals surface area contributed by atoms with Gasteiger partial charge in [0.25, 0.3) is 0 Å². The molecule has 1 saturated carbocycles. The summed E-state index contributed by atoms with van der Waals surface area (Å²) in [6.45, 7) is 1.91. The van der Waals surface area contributed by atoms with Gasteiger partial charge in [-0.05, 0) is 19.3 Å². The lowest BCUT2D eigenvalue weighted by molar-refractivity contribution is -0.146. The zero-order chi connectivity index (χ0) is 9.90. The summed E-state index contributed by atoms with van der Waals surface area (Å²) in [6.07, 6.45) is 3.93. The first kappa shape index (κ1) is 10.2. The third kappa shape index (κ3) is 2.08. The van der Waals surface area contributed by atoms with Crippen LogP contribution in [0.25, 0.3) is 0 Å². The molecule has 0 aliphatic heterocycles. The van der Waals surface area contributed by atoms with Crippen LogP contribution in [0.5, 0.6) is 0 Å². The quantitative estimate of drug-likeness (QED) is 0.729. The first-order chi connectivity index (χ1) is 6.10. The fourth-order valence-corrected chi connectivity index (χ4v) is 2.13. The molecular formula is C10H16O3. The van der Waals surface area contributed by atoms with Crippen molar-refractivity contribution < 1.29 is 14.7 Å². The van der Waals surface area contributed by atoms with E-state index in [4.69, 9.17) is 5.11 Å². The van der Waals surface area contributed by atoms with Gasteiger partial charge in [0.1, 0.15) is 5.78 Å². The lowest BCUT2D eigenvalue weighted by atomic mass is 9.69. The zero-order valence-corrected chi connectivity index (χ0v) is 8.01. The Hall–Kier alpha value is -0.860. The highest BCUT2D eigenvalue weighted by Crippen LogP contribution is 2.39. The van der Waals surface area contributed by atoms with Gasteiger partial charge in [0, 0.05) is 11.8 Å². The van der Waals surface area contributed by atoms with E-state index >= 15 is 0 Å². The molecule has 1 unspecified atom stereocenters. The molecule has 0 saturated heterocycles. The minimum Gasteiger partial charge on any atom is -0.481 e. The van der Waals surface area contributed by atoms with Crippen molar-refractivity contribution >= 4 is 11.8 Å². The highest BCUT2D eigenvalue weighted by atomic mass is 16.4. The minimum absolute atomic E-state index is 0.0162. The van der Waals surface area contributed by atoms with E-state index in [9.17, 15) is 9.59 Å². The Balaban J connectivity index is 2.76. The van der Waals surface area contributed by atoms with E-state index in [0.29, 0.717) is 12.8 Å². The molecule has 1 atom stereocenters. The van der Waals surface area contributed by atoms with Gasteiger partial charge >= 0.3 is 5.97 Å². The second kappa shape index (κ2) is 3.90. The highest BCUT2D eigenvalue weighted by molar-refractivity contribution is 5.89. The van der Waals surface area contributed by atoms with Crippen LogP contribution >= 0.6 is 0 Å². The second-order valence-corrected chi connectivity index (χ2v) is 3.83. The molecule has 1 fully saturated rings. The zero-order valence-electron chi connectivity index (χ0n) is 8.01. The number of ketones is 1. The van der Waals surface area contributed by atoms with E-state index in [1.165, 1.54) is 0 Å². The van der Waals surface area contributed by atoms with E-state index in [1.807, 2.05) is 6.92 Å². The Morgan fingerprint density at radius 2 is 2.23 bits per heavy atom. The summed E-state index contributed by atoms with van der Waals surface area (Å²) in [5.74, 6) is -0.694. The van der Waals surface area contributed by atoms with Crippen LogP contribution in [0, 0.1) is 5.41 Å². The molecule has 3 nitrogen and oxygen atoms in total. The first-order valence-electron chi connectivity index (χ1n) is 4.86. The van der Waals surface area contributed by atoms with Crippen LogP contribution in [0.4, 0.5) is 0 Å². The van der Waals surface area contributed by atoms with E-state index < -0.39 is 11.4 Å². The van der Waals surface area contributed by atoms with E-state index in [1.54, 1.807) is 0 Å². The number of hydrogen-bond donors (Lipinski definition) is 1. The van der Waals surface area contributed by atoms with E-state index in [-0.39, 0.29) is 12.2 Å². The summed E-state index contributed by atoms with van der Waals surface area (Å²) in [5, 5.41) is 8.73. The van der Waals surface area contributed by atoms with Crippen LogP contribution in [0.2, 0.25) is 0 Å². The SMILES string of the molecule is CCC1(CC(=O)O)CCCCC1=O. The number of rotatable bonds is 3. The van der Waals surface area contributed by atoms with E-state index in [0.717, 1.165) is 19.3 Å². The van der Waals surface area contributed by atoms with Crippen LogP contribution in [-0.2, 0) is 9.59 Å². The molecule has 1 N–H and O–H groups in total. The van der Waals surface area contributed by atoms with Gasteiger partial charge in [-0.15, -0.1) is 0 Å². The number of carboxylic acids is 1. The van der Waals surface area contributed by atoms with Gasteiger partial charge in [-0.3, -0.25) is 9.59 Å². The molecule has 1 aliphatic rings. The Labute approximate surface area is 78.1 Å². The summed E-state index contributed by atoms with van der Waals surface area (Å²) in [4.78, 5) is 22.2. The van der Waals surface area contributed by atoms with Crippen molar-refractivity contribution in [3.8, 4) is 0 Å². The molecule has 0 aromatic rings. The normalized spacial score (nSPS) is 28.8. The van der Waals surface area contributed by atoms with Crippen LogP contribution in [0.1, 0.15) is 45.4 Å². The Morgan fingerprint density at radius 3 is 2.69 bits per heavy atom. The lowest BCUT2D eigenvalue weighted by Crippen LogP contribution is -2.35. The molecule has 0 aromatic carbocycles. The van der Waals surface area contributed by atoms with Crippen molar-refractivity contribution in [1.29, 1.82) is 0 Å². The molecule has 3 heteroatoms. The molecule has 13 heavy (non-hydrogen) atoms. The number of Topliss-reactive ketones (excluding diaryl/α,β-unsaturated/α-hetero) is 1. The Bertz CT molecular complexity index is 222.